The van der Waals surface area contributed by atoms with Crippen molar-refractivity contribution in [3.8, 4) is 0 Å². The Labute approximate surface area is 129 Å². The average molecular weight is 306 g/mol. The van der Waals surface area contributed by atoms with Crippen molar-refractivity contribution in [2.75, 3.05) is 44.3 Å². The first-order valence-corrected chi connectivity index (χ1v) is 8.42. The Balaban J connectivity index is 1.68. The fourth-order valence-corrected chi connectivity index (χ4v) is 3.71. The van der Waals surface area contributed by atoms with Gasteiger partial charge in [0, 0.05) is 38.8 Å². The summed E-state index contributed by atoms with van der Waals surface area (Å²) >= 11 is 1.73. The topological polar surface area (TPSA) is 41.5 Å². The summed E-state index contributed by atoms with van der Waals surface area (Å²) in [5.74, 6) is 1.09. The predicted octanol–water partition coefficient (Wildman–Crippen LogP) is 2.24. The highest BCUT2D eigenvalue weighted by Crippen LogP contribution is 2.29. The third-order valence-corrected chi connectivity index (χ3v) is 4.92. The number of ether oxygens (including phenoxy) is 1. The Kier molecular flexibility index (Phi) is 4.67. The largest absolute Gasteiger partial charge is 0.380 e. The molecule has 21 heavy (non-hydrogen) atoms. The van der Waals surface area contributed by atoms with E-state index in [1.165, 1.54) is 4.70 Å². The van der Waals surface area contributed by atoms with Crippen LogP contribution in [0.1, 0.15) is 13.8 Å². The molecule has 1 saturated heterocycles. The van der Waals surface area contributed by atoms with Crippen molar-refractivity contribution >= 4 is 27.4 Å². The second kappa shape index (κ2) is 6.68. The van der Waals surface area contributed by atoms with E-state index in [1.807, 2.05) is 6.92 Å². The summed E-state index contributed by atoms with van der Waals surface area (Å²) in [4.78, 5) is 13.7. The normalized spacial score (nSPS) is 20.3. The number of hydrogen-bond donors (Lipinski definition) is 0. The molecule has 1 aliphatic heterocycles. The van der Waals surface area contributed by atoms with E-state index in [-0.39, 0.29) is 0 Å². The standard InChI is InChI=1S/C15H22N4OS/c1-3-20-8-7-18-5-6-19(10-12(18)2)15-14-13(4-9-21-14)16-11-17-15/h4,9,11-12H,3,5-8,10H2,1-2H3/t12-/m1/s1. The van der Waals surface area contributed by atoms with Crippen molar-refractivity contribution in [2.45, 2.75) is 19.9 Å². The molecule has 0 radical (unpaired) electrons. The molecule has 0 unspecified atom stereocenters. The van der Waals surface area contributed by atoms with Crippen LogP contribution in [0, 0.1) is 0 Å². The maximum atomic E-state index is 5.47. The van der Waals surface area contributed by atoms with Gasteiger partial charge in [-0.3, -0.25) is 4.90 Å². The van der Waals surface area contributed by atoms with E-state index in [0.29, 0.717) is 6.04 Å². The zero-order valence-electron chi connectivity index (χ0n) is 12.7. The van der Waals surface area contributed by atoms with Crippen LogP contribution in [0.3, 0.4) is 0 Å². The highest BCUT2D eigenvalue weighted by atomic mass is 32.1. The molecule has 0 aliphatic carbocycles. The lowest BCUT2D eigenvalue weighted by Crippen LogP contribution is -2.53. The van der Waals surface area contributed by atoms with Gasteiger partial charge in [0.25, 0.3) is 0 Å². The van der Waals surface area contributed by atoms with Crippen LogP contribution in [-0.4, -0.2) is 60.3 Å². The molecule has 0 spiro atoms. The van der Waals surface area contributed by atoms with Gasteiger partial charge in [-0.1, -0.05) is 0 Å². The summed E-state index contributed by atoms with van der Waals surface area (Å²) in [6.07, 6.45) is 1.68. The van der Waals surface area contributed by atoms with Gasteiger partial charge in [0.05, 0.1) is 16.8 Å². The van der Waals surface area contributed by atoms with Crippen LogP contribution in [-0.2, 0) is 4.74 Å². The van der Waals surface area contributed by atoms with Gasteiger partial charge >= 0.3 is 0 Å². The van der Waals surface area contributed by atoms with E-state index in [2.05, 4.69) is 38.1 Å². The summed E-state index contributed by atoms with van der Waals surface area (Å²) in [7, 11) is 0. The van der Waals surface area contributed by atoms with E-state index in [4.69, 9.17) is 4.74 Å². The zero-order chi connectivity index (χ0) is 14.7. The van der Waals surface area contributed by atoms with Crippen LogP contribution >= 0.6 is 11.3 Å². The first-order chi connectivity index (χ1) is 10.3. The van der Waals surface area contributed by atoms with Gasteiger partial charge in [0.1, 0.15) is 12.1 Å². The number of piperazine rings is 1. The molecule has 3 heterocycles. The number of nitrogens with zero attached hydrogens (tertiary/aromatic N) is 4. The van der Waals surface area contributed by atoms with Crippen LogP contribution in [0.15, 0.2) is 17.8 Å². The molecule has 5 nitrogen and oxygen atoms in total. The van der Waals surface area contributed by atoms with Gasteiger partial charge in [0.2, 0.25) is 0 Å². The summed E-state index contributed by atoms with van der Waals surface area (Å²) in [5.41, 5.74) is 1.05. The van der Waals surface area contributed by atoms with Crippen LogP contribution in [0.25, 0.3) is 10.2 Å². The number of fused-ring (bicyclic) bond motifs is 1. The number of rotatable bonds is 5. The Morgan fingerprint density at radius 2 is 2.29 bits per heavy atom. The summed E-state index contributed by atoms with van der Waals surface area (Å²) in [6, 6.07) is 2.58. The fraction of sp³-hybridized carbons (Fsp3) is 0.600. The third-order valence-electron chi connectivity index (χ3n) is 4.02. The minimum atomic E-state index is 0.518. The van der Waals surface area contributed by atoms with E-state index in [1.54, 1.807) is 17.7 Å². The average Bonchev–Trinajstić information content (AvgIpc) is 2.97. The molecule has 0 aromatic carbocycles. The Morgan fingerprint density at radius 3 is 3.10 bits per heavy atom. The molecule has 2 aromatic heterocycles. The van der Waals surface area contributed by atoms with E-state index in [9.17, 15) is 0 Å². The van der Waals surface area contributed by atoms with Crippen molar-refractivity contribution in [2.24, 2.45) is 0 Å². The summed E-state index contributed by atoms with van der Waals surface area (Å²) in [5, 5.41) is 2.09. The highest BCUT2D eigenvalue weighted by molar-refractivity contribution is 7.17. The minimum Gasteiger partial charge on any atom is -0.380 e. The minimum absolute atomic E-state index is 0.518. The zero-order valence-corrected chi connectivity index (χ0v) is 13.5. The molecule has 1 atom stereocenters. The Bertz CT molecular complexity index is 588. The predicted molar refractivity (Wildman–Crippen MR) is 87.2 cm³/mol. The molecule has 3 rings (SSSR count). The lowest BCUT2D eigenvalue weighted by atomic mass is 10.2. The number of anilines is 1. The van der Waals surface area contributed by atoms with Crippen molar-refractivity contribution in [3.63, 3.8) is 0 Å². The molecular formula is C15H22N4OS. The molecule has 0 amide bonds. The van der Waals surface area contributed by atoms with Gasteiger partial charge in [0.15, 0.2) is 0 Å². The monoisotopic (exact) mass is 306 g/mol. The van der Waals surface area contributed by atoms with Crippen LogP contribution in [0.4, 0.5) is 5.82 Å². The molecule has 2 aromatic rings. The quantitative estimate of drug-likeness (QED) is 0.793. The highest BCUT2D eigenvalue weighted by Gasteiger charge is 2.25. The molecule has 0 bridgehead atoms. The molecular weight excluding hydrogens is 284 g/mol. The number of aromatic nitrogens is 2. The Hall–Kier alpha value is -1.24. The smallest absolute Gasteiger partial charge is 0.150 e. The second-order valence-electron chi connectivity index (χ2n) is 5.36. The van der Waals surface area contributed by atoms with Crippen LogP contribution < -0.4 is 4.90 Å². The van der Waals surface area contributed by atoms with Crippen molar-refractivity contribution in [3.05, 3.63) is 17.8 Å². The first-order valence-electron chi connectivity index (χ1n) is 7.54. The second-order valence-corrected chi connectivity index (χ2v) is 6.28. The lowest BCUT2D eigenvalue weighted by molar-refractivity contribution is 0.0925. The van der Waals surface area contributed by atoms with Crippen LogP contribution in [0.2, 0.25) is 0 Å². The lowest BCUT2D eigenvalue weighted by Gasteiger charge is -2.40. The maximum Gasteiger partial charge on any atom is 0.150 e. The van der Waals surface area contributed by atoms with Crippen molar-refractivity contribution < 1.29 is 4.74 Å². The molecule has 0 saturated carbocycles. The van der Waals surface area contributed by atoms with E-state index in [0.717, 1.165) is 50.7 Å². The summed E-state index contributed by atoms with van der Waals surface area (Å²) in [6.45, 7) is 10.0. The molecule has 114 valence electrons. The van der Waals surface area contributed by atoms with Gasteiger partial charge in [-0.25, -0.2) is 9.97 Å². The van der Waals surface area contributed by atoms with Gasteiger partial charge in [-0.15, -0.1) is 11.3 Å². The van der Waals surface area contributed by atoms with Crippen molar-refractivity contribution in [1.29, 1.82) is 0 Å². The SMILES string of the molecule is CCOCCN1CCN(c2ncnc3ccsc23)C[C@H]1C. The van der Waals surface area contributed by atoms with Gasteiger partial charge in [-0.05, 0) is 25.3 Å². The summed E-state index contributed by atoms with van der Waals surface area (Å²) < 4.78 is 6.67. The van der Waals surface area contributed by atoms with Crippen molar-refractivity contribution in [1.82, 2.24) is 14.9 Å². The van der Waals surface area contributed by atoms with Gasteiger partial charge < -0.3 is 9.64 Å². The number of hydrogen-bond acceptors (Lipinski definition) is 6. The molecule has 0 N–H and O–H groups in total. The molecule has 1 fully saturated rings. The number of thiophene rings is 1. The van der Waals surface area contributed by atoms with E-state index >= 15 is 0 Å². The maximum absolute atomic E-state index is 5.47. The fourth-order valence-electron chi connectivity index (χ4n) is 2.85. The Morgan fingerprint density at radius 1 is 1.38 bits per heavy atom. The first kappa shape index (κ1) is 14.7. The van der Waals surface area contributed by atoms with E-state index < -0.39 is 0 Å². The molecule has 6 heteroatoms. The third kappa shape index (κ3) is 3.17. The molecule has 1 aliphatic rings. The van der Waals surface area contributed by atoms with Crippen LogP contribution in [0.5, 0.6) is 0 Å². The van der Waals surface area contributed by atoms with Gasteiger partial charge in [-0.2, -0.15) is 0 Å².